The first kappa shape index (κ1) is 10.4. The fourth-order valence-electron chi connectivity index (χ4n) is 2.22. The lowest BCUT2D eigenvalue weighted by molar-refractivity contribution is -0.134. The van der Waals surface area contributed by atoms with Gasteiger partial charge in [0, 0.05) is 25.6 Å². The number of hydrogen-bond acceptors (Lipinski definition) is 3. The molecule has 2 fully saturated rings. The first-order chi connectivity index (χ1) is 7.18. The van der Waals surface area contributed by atoms with E-state index in [1.807, 2.05) is 4.90 Å². The summed E-state index contributed by atoms with van der Waals surface area (Å²) in [5.74, 6) is 0.0267. The molecule has 0 radical (unpaired) electrons. The van der Waals surface area contributed by atoms with Crippen molar-refractivity contribution in [3.05, 3.63) is 0 Å². The molecular formula is C10H17N3O2. The van der Waals surface area contributed by atoms with Crippen LogP contribution in [0.4, 0.5) is 0 Å². The molecule has 0 bridgehead atoms. The second-order valence-electron chi connectivity index (χ2n) is 4.22. The van der Waals surface area contributed by atoms with Gasteiger partial charge in [-0.25, -0.2) is 0 Å². The SMILES string of the molecule is CC1NC(=O)CCN(C2CCNC2)C1=O. The van der Waals surface area contributed by atoms with E-state index in [0.717, 1.165) is 19.5 Å². The van der Waals surface area contributed by atoms with Crippen LogP contribution in [0.1, 0.15) is 19.8 Å². The molecule has 2 aliphatic rings. The monoisotopic (exact) mass is 211 g/mol. The molecule has 0 aromatic carbocycles. The minimum Gasteiger partial charge on any atom is -0.345 e. The van der Waals surface area contributed by atoms with Gasteiger partial charge in [-0.3, -0.25) is 9.59 Å². The summed E-state index contributed by atoms with van der Waals surface area (Å²) in [4.78, 5) is 25.1. The first-order valence-corrected chi connectivity index (χ1v) is 5.49. The molecule has 5 heteroatoms. The highest BCUT2D eigenvalue weighted by atomic mass is 16.2. The van der Waals surface area contributed by atoms with Gasteiger partial charge in [0.15, 0.2) is 0 Å². The van der Waals surface area contributed by atoms with E-state index < -0.39 is 0 Å². The Morgan fingerprint density at radius 3 is 2.87 bits per heavy atom. The highest BCUT2D eigenvalue weighted by Gasteiger charge is 2.32. The molecule has 0 aromatic heterocycles. The number of hydrogen-bond donors (Lipinski definition) is 2. The third kappa shape index (κ3) is 2.12. The maximum Gasteiger partial charge on any atom is 0.245 e. The van der Waals surface area contributed by atoms with E-state index in [0.29, 0.717) is 13.0 Å². The minimum absolute atomic E-state index is 0.0238. The van der Waals surface area contributed by atoms with Crippen molar-refractivity contribution in [3.63, 3.8) is 0 Å². The van der Waals surface area contributed by atoms with Crippen LogP contribution < -0.4 is 10.6 Å². The molecule has 0 aliphatic carbocycles. The Morgan fingerprint density at radius 1 is 1.40 bits per heavy atom. The number of carbonyl (C=O) groups is 2. The van der Waals surface area contributed by atoms with Crippen molar-refractivity contribution in [2.75, 3.05) is 19.6 Å². The lowest BCUT2D eigenvalue weighted by atomic mass is 10.2. The smallest absolute Gasteiger partial charge is 0.245 e. The average molecular weight is 211 g/mol. The zero-order valence-electron chi connectivity index (χ0n) is 8.95. The van der Waals surface area contributed by atoms with Crippen molar-refractivity contribution in [3.8, 4) is 0 Å². The Morgan fingerprint density at radius 2 is 2.20 bits per heavy atom. The molecule has 2 N–H and O–H groups in total. The minimum atomic E-state index is -0.374. The van der Waals surface area contributed by atoms with Crippen LogP contribution in [0.2, 0.25) is 0 Å². The van der Waals surface area contributed by atoms with Crippen molar-refractivity contribution < 1.29 is 9.59 Å². The maximum atomic E-state index is 12.0. The Bertz CT molecular complexity index is 274. The van der Waals surface area contributed by atoms with E-state index >= 15 is 0 Å². The van der Waals surface area contributed by atoms with Gasteiger partial charge in [0.05, 0.1) is 0 Å². The van der Waals surface area contributed by atoms with Crippen LogP contribution in [0.3, 0.4) is 0 Å². The van der Waals surface area contributed by atoms with Gasteiger partial charge >= 0.3 is 0 Å². The van der Waals surface area contributed by atoms with Gasteiger partial charge in [-0.1, -0.05) is 0 Å². The molecular weight excluding hydrogens is 194 g/mol. The second-order valence-corrected chi connectivity index (χ2v) is 4.22. The lowest BCUT2D eigenvalue weighted by Gasteiger charge is -2.28. The predicted molar refractivity (Wildman–Crippen MR) is 55.2 cm³/mol. The van der Waals surface area contributed by atoms with Crippen LogP contribution in [0, 0.1) is 0 Å². The van der Waals surface area contributed by atoms with Gasteiger partial charge in [0.2, 0.25) is 11.8 Å². The average Bonchev–Trinajstić information content (AvgIpc) is 2.67. The van der Waals surface area contributed by atoms with Crippen molar-refractivity contribution in [2.45, 2.75) is 31.8 Å². The van der Waals surface area contributed by atoms with E-state index in [2.05, 4.69) is 10.6 Å². The summed E-state index contributed by atoms with van der Waals surface area (Å²) >= 11 is 0. The molecule has 2 amide bonds. The topological polar surface area (TPSA) is 61.4 Å². The van der Waals surface area contributed by atoms with Crippen molar-refractivity contribution in [1.82, 2.24) is 15.5 Å². The normalized spacial score (nSPS) is 32.7. The molecule has 2 atom stereocenters. The summed E-state index contributed by atoms with van der Waals surface area (Å²) in [6.45, 7) is 4.12. The van der Waals surface area contributed by atoms with Crippen LogP contribution in [0.25, 0.3) is 0 Å². The molecule has 2 heterocycles. The van der Waals surface area contributed by atoms with Crippen molar-refractivity contribution >= 4 is 11.8 Å². The molecule has 5 nitrogen and oxygen atoms in total. The van der Waals surface area contributed by atoms with Crippen LogP contribution in [-0.2, 0) is 9.59 Å². The number of carbonyl (C=O) groups excluding carboxylic acids is 2. The van der Waals surface area contributed by atoms with E-state index in [4.69, 9.17) is 0 Å². The Balaban J connectivity index is 2.08. The van der Waals surface area contributed by atoms with E-state index in [9.17, 15) is 9.59 Å². The van der Waals surface area contributed by atoms with Gasteiger partial charge in [-0.2, -0.15) is 0 Å². The fourth-order valence-corrected chi connectivity index (χ4v) is 2.22. The first-order valence-electron chi connectivity index (χ1n) is 5.49. The summed E-state index contributed by atoms with van der Waals surface area (Å²) in [5.41, 5.74) is 0. The zero-order chi connectivity index (χ0) is 10.8. The molecule has 2 rings (SSSR count). The van der Waals surface area contributed by atoms with E-state index in [-0.39, 0.29) is 23.9 Å². The standard InChI is InChI=1S/C10H17N3O2/c1-7-10(15)13(5-3-9(14)12-7)8-2-4-11-6-8/h7-8,11H,2-6H2,1H3,(H,12,14). The van der Waals surface area contributed by atoms with Crippen molar-refractivity contribution in [1.29, 1.82) is 0 Å². The fraction of sp³-hybridized carbons (Fsp3) is 0.800. The summed E-state index contributed by atoms with van der Waals surface area (Å²) in [6.07, 6.45) is 1.42. The molecule has 0 aromatic rings. The highest BCUT2D eigenvalue weighted by Crippen LogP contribution is 2.13. The third-order valence-electron chi connectivity index (χ3n) is 3.09. The number of nitrogens with zero attached hydrogens (tertiary/aromatic N) is 1. The van der Waals surface area contributed by atoms with Crippen molar-refractivity contribution in [2.24, 2.45) is 0 Å². The summed E-state index contributed by atoms with van der Waals surface area (Å²) in [5, 5.41) is 5.93. The number of nitrogens with one attached hydrogen (secondary N) is 2. The molecule has 2 aliphatic heterocycles. The molecule has 84 valence electrons. The molecule has 2 saturated heterocycles. The number of amides is 2. The molecule has 0 spiro atoms. The summed E-state index contributed by atoms with van der Waals surface area (Å²) in [6, 6.07) is -0.103. The zero-order valence-corrected chi connectivity index (χ0v) is 8.95. The van der Waals surface area contributed by atoms with E-state index in [1.54, 1.807) is 6.92 Å². The third-order valence-corrected chi connectivity index (χ3v) is 3.09. The Kier molecular flexibility index (Phi) is 2.90. The van der Waals surface area contributed by atoms with Gasteiger partial charge < -0.3 is 15.5 Å². The van der Waals surface area contributed by atoms with Gasteiger partial charge in [-0.15, -0.1) is 0 Å². The van der Waals surface area contributed by atoms with Gasteiger partial charge in [-0.05, 0) is 19.9 Å². The maximum absolute atomic E-state index is 12.0. The highest BCUT2D eigenvalue weighted by molar-refractivity contribution is 5.89. The molecule has 15 heavy (non-hydrogen) atoms. The van der Waals surface area contributed by atoms with Crippen LogP contribution in [0.5, 0.6) is 0 Å². The lowest BCUT2D eigenvalue weighted by Crippen LogP contribution is -2.47. The summed E-state index contributed by atoms with van der Waals surface area (Å²) < 4.78 is 0. The Labute approximate surface area is 89.2 Å². The van der Waals surface area contributed by atoms with Gasteiger partial charge in [0.1, 0.15) is 6.04 Å². The van der Waals surface area contributed by atoms with Gasteiger partial charge in [0.25, 0.3) is 0 Å². The number of rotatable bonds is 1. The quantitative estimate of drug-likeness (QED) is 0.590. The van der Waals surface area contributed by atoms with Crippen LogP contribution >= 0.6 is 0 Å². The van der Waals surface area contributed by atoms with E-state index in [1.165, 1.54) is 0 Å². The van der Waals surface area contributed by atoms with Crippen LogP contribution in [-0.4, -0.2) is 48.4 Å². The predicted octanol–water partition coefficient (Wildman–Crippen LogP) is -0.915. The molecule has 0 saturated carbocycles. The summed E-state index contributed by atoms with van der Waals surface area (Å²) in [7, 11) is 0. The molecule has 2 unspecified atom stereocenters. The Hall–Kier alpha value is -1.10. The largest absolute Gasteiger partial charge is 0.345 e. The second kappa shape index (κ2) is 4.18. The van der Waals surface area contributed by atoms with Crippen LogP contribution in [0.15, 0.2) is 0 Å².